The SMILES string of the molecule is CC1C(c2nc(-c3ccccc3)nc(-c3ccc4c(c3)C(C)(C)c3cc(-c5ccccc5)cc5c6cc(-c7ccccc7)ccc6n-4c35)n2)=CC=C[C@H]1C. The van der Waals surface area contributed by atoms with E-state index in [0.717, 1.165) is 22.5 Å². The van der Waals surface area contributed by atoms with Crippen molar-refractivity contribution in [1.82, 2.24) is 19.5 Å². The Morgan fingerprint density at radius 1 is 0.519 bits per heavy atom. The highest BCUT2D eigenvalue weighted by Crippen LogP contribution is 2.50. The quantitative estimate of drug-likeness (QED) is 0.180. The maximum Gasteiger partial charge on any atom is 0.164 e. The van der Waals surface area contributed by atoms with Gasteiger partial charge in [-0.15, -0.1) is 0 Å². The minimum absolute atomic E-state index is 0.290. The molecule has 2 aromatic heterocycles. The van der Waals surface area contributed by atoms with Gasteiger partial charge in [0, 0.05) is 32.9 Å². The van der Waals surface area contributed by atoms with Crippen LogP contribution in [0.15, 0.2) is 158 Å². The van der Waals surface area contributed by atoms with Crippen molar-refractivity contribution in [2.75, 3.05) is 0 Å². The number of nitrogens with zero attached hydrogens (tertiary/aromatic N) is 4. The molecular formula is C50H40N4. The Balaban J connectivity index is 1.21. The fourth-order valence-corrected chi connectivity index (χ4v) is 8.56. The lowest BCUT2D eigenvalue weighted by atomic mass is 9.73. The summed E-state index contributed by atoms with van der Waals surface area (Å²) < 4.78 is 2.49. The first-order valence-corrected chi connectivity index (χ1v) is 18.9. The normalized spacial score (nSPS) is 17.1. The van der Waals surface area contributed by atoms with Gasteiger partial charge < -0.3 is 4.57 Å². The summed E-state index contributed by atoms with van der Waals surface area (Å²) >= 11 is 0. The van der Waals surface area contributed by atoms with Gasteiger partial charge in [0.25, 0.3) is 0 Å². The number of benzene rings is 6. The molecule has 0 spiro atoms. The zero-order chi connectivity index (χ0) is 36.6. The molecule has 8 aromatic rings. The average Bonchev–Trinajstić information content (AvgIpc) is 3.55. The minimum Gasteiger partial charge on any atom is -0.309 e. The lowest BCUT2D eigenvalue weighted by molar-refractivity contribution is 0.564. The third kappa shape index (κ3) is 5.08. The van der Waals surface area contributed by atoms with Crippen molar-refractivity contribution in [2.24, 2.45) is 11.8 Å². The monoisotopic (exact) mass is 696 g/mol. The Hall–Kier alpha value is -6.39. The maximum absolute atomic E-state index is 5.22. The van der Waals surface area contributed by atoms with Gasteiger partial charge in [-0.25, -0.2) is 15.0 Å². The molecule has 0 fully saturated rings. The van der Waals surface area contributed by atoms with Crippen molar-refractivity contribution in [3.63, 3.8) is 0 Å². The molecule has 1 unspecified atom stereocenters. The van der Waals surface area contributed by atoms with Gasteiger partial charge in [-0.3, -0.25) is 0 Å². The summed E-state index contributed by atoms with van der Waals surface area (Å²) in [5.41, 5.74) is 13.9. The van der Waals surface area contributed by atoms with E-state index in [4.69, 9.17) is 15.0 Å². The number of hydrogen-bond acceptors (Lipinski definition) is 3. The molecule has 4 heteroatoms. The van der Waals surface area contributed by atoms with Crippen LogP contribution in [0.25, 0.3) is 78.1 Å². The van der Waals surface area contributed by atoms with Crippen LogP contribution >= 0.6 is 0 Å². The Morgan fingerprint density at radius 2 is 1.09 bits per heavy atom. The molecule has 1 aliphatic heterocycles. The van der Waals surface area contributed by atoms with Gasteiger partial charge in [0.1, 0.15) is 0 Å². The Labute approximate surface area is 316 Å². The fourth-order valence-electron chi connectivity index (χ4n) is 8.56. The second kappa shape index (κ2) is 12.3. The van der Waals surface area contributed by atoms with Crippen molar-refractivity contribution in [2.45, 2.75) is 33.1 Å². The second-order valence-corrected chi connectivity index (χ2v) is 15.4. The van der Waals surface area contributed by atoms with E-state index in [-0.39, 0.29) is 5.41 Å². The molecule has 10 rings (SSSR count). The number of rotatable bonds is 5. The number of aromatic nitrogens is 4. The third-order valence-corrected chi connectivity index (χ3v) is 11.8. The predicted octanol–water partition coefficient (Wildman–Crippen LogP) is 12.5. The van der Waals surface area contributed by atoms with Crippen molar-refractivity contribution in [3.8, 4) is 50.7 Å². The first-order chi connectivity index (χ1) is 26.3. The molecule has 2 atom stereocenters. The van der Waals surface area contributed by atoms with Crippen molar-refractivity contribution in [1.29, 1.82) is 0 Å². The van der Waals surface area contributed by atoms with Crippen LogP contribution in [-0.4, -0.2) is 19.5 Å². The van der Waals surface area contributed by atoms with Crippen LogP contribution in [0.1, 0.15) is 44.6 Å². The third-order valence-electron chi connectivity index (χ3n) is 11.8. The lowest BCUT2D eigenvalue weighted by Gasteiger charge is -2.35. The van der Waals surface area contributed by atoms with Crippen molar-refractivity contribution < 1.29 is 0 Å². The second-order valence-electron chi connectivity index (χ2n) is 15.4. The summed E-state index contributed by atoms with van der Waals surface area (Å²) in [6.07, 6.45) is 6.56. The van der Waals surface area contributed by atoms with E-state index in [2.05, 4.69) is 172 Å². The minimum atomic E-state index is -0.320. The van der Waals surface area contributed by atoms with E-state index < -0.39 is 0 Å². The Morgan fingerprint density at radius 3 is 1.80 bits per heavy atom. The molecular weight excluding hydrogens is 657 g/mol. The molecule has 0 saturated heterocycles. The first-order valence-electron chi connectivity index (χ1n) is 18.9. The molecule has 0 saturated carbocycles. The summed E-state index contributed by atoms with van der Waals surface area (Å²) in [6.45, 7) is 9.25. The van der Waals surface area contributed by atoms with Gasteiger partial charge >= 0.3 is 0 Å². The van der Waals surface area contributed by atoms with Crippen molar-refractivity contribution >= 4 is 27.4 Å². The summed E-state index contributed by atoms with van der Waals surface area (Å²) in [5, 5.41) is 2.53. The predicted molar refractivity (Wildman–Crippen MR) is 223 cm³/mol. The molecule has 1 aliphatic carbocycles. The van der Waals surface area contributed by atoms with Gasteiger partial charge in [-0.1, -0.05) is 143 Å². The van der Waals surface area contributed by atoms with Crippen LogP contribution in [0.5, 0.6) is 0 Å². The Bertz CT molecular complexity index is 2810. The molecule has 0 bridgehead atoms. The molecule has 4 nitrogen and oxygen atoms in total. The van der Waals surface area contributed by atoms with Crippen LogP contribution in [0.4, 0.5) is 0 Å². The fraction of sp³-hybridized carbons (Fsp3) is 0.140. The van der Waals surface area contributed by atoms with E-state index >= 15 is 0 Å². The van der Waals surface area contributed by atoms with Gasteiger partial charge in [0.15, 0.2) is 17.5 Å². The smallest absolute Gasteiger partial charge is 0.164 e. The Kier molecular flexibility index (Phi) is 7.38. The first kappa shape index (κ1) is 32.3. The van der Waals surface area contributed by atoms with Crippen molar-refractivity contribution in [3.05, 3.63) is 175 Å². The van der Waals surface area contributed by atoms with Crippen LogP contribution in [-0.2, 0) is 5.41 Å². The average molecular weight is 697 g/mol. The summed E-state index contributed by atoms with van der Waals surface area (Å²) in [4.78, 5) is 15.4. The van der Waals surface area contributed by atoms with E-state index in [0.29, 0.717) is 23.5 Å². The summed E-state index contributed by atoms with van der Waals surface area (Å²) in [5.74, 6) is 2.80. The largest absolute Gasteiger partial charge is 0.309 e. The maximum atomic E-state index is 5.22. The summed E-state index contributed by atoms with van der Waals surface area (Å²) in [6, 6.07) is 50.3. The van der Waals surface area contributed by atoms with Gasteiger partial charge in [-0.2, -0.15) is 0 Å². The topological polar surface area (TPSA) is 43.6 Å². The van der Waals surface area contributed by atoms with E-state index in [1.165, 1.54) is 60.9 Å². The van der Waals surface area contributed by atoms with Crippen LogP contribution < -0.4 is 0 Å². The zero-order valence-electron chi connectivity index (χ0n) is 31.0. The molecule has 3 heterocycles. The highest BCUT2D eigenvalue weighted by atomic mass is 15.0. The van der Waals surface area contributed by atoms with Gasteiger partial charge in [0.2, 0.25) is 0 Å². The zero-order valence-corrected chi connectivity index (χ0v) is 31.0. The highest BCUT2D eigenvalue weighted by Gasteiger charge is 2.36. The van der Waals surface area contributed by atoms with E-state index in [1.54, 1.807) is 0 Å². The number of fused-ring (bicyclic) bond motifs is 5. The molecule has 2 aliphatic rings. The highest BCUT2D eigenvalue weighted by molar-refractivity contribution is 6.14. The molecule has 260 valence electrons. The molecule has 0 amide bonds. The van der Waals surface area contributed by atoms with Crippen LogP contribution in [0.3, 0.4) is 0 Å². The lowest BCUT2D eigenvalue weighted by Crippen LogP contribution is -2.26. The molecule has 0 radical (unpaired) electrons. The summed E-state index contributed by atoms with van der Waals surface area (Å²) in [7, 11) is 0. The molecule has 6 aromatic carbocycles. The van der Waals surface area contributed by atoms with Gasteiger partial charge in [0.05, 0.1) is 16.7 Å². The van der Waals surface area contributed by atoms with E-state index in [9.17, 15) is 0 Å². The van der Waals surface area contributed by atoms with Crippen LogP contribution in [0.2, 0.25) is 0 Å². The number of allylic oxidation sites excluding steroid dienone is 4. The van der Waals surface area contributed by atoms with E-state index in [1.807, 2.05) is 18.2 Å². The number of hydrogen-bond donors (Lipinski definition) is 0. The van der Waals surface area contributed by atoms with Gasteiger partial charge in [-0.05, 0) is 87.7 Å². The standard InChI is InChI=1S/C50H40N4/c1-31-15-14-22-39(32(31)2)49-52-47(35-20-12-7-13-21-35)51-48(53-49)37-24-26-45-42(29-37)50(3,4)43-30-38(34-18-10-6-11-19-34)28-41-40-27-36(33-16-8-5-9-17-33)23-25-44(40)54(45)46(41)43/h5-32H,1-4H3/t31-,32?/m1/s1. The molecule has 0 N–H and O–H groups in total. The van der Waals surface area contributed by atoms with Crippen LogP contribution in [0, 0.1) is 11.8 Å². The molecule has 54 heavy (non-hydrogen) atoms.